The molecule has 0 unspecified atom stereocenters. The molecule has 2 rings (SSSR count). The third-order valence-corrected chi connectivity index (χ3v) is 4.03. The Morgan fingerprint density at radius 3 is 2.50 bits per heavy atom. The first-order chi connectivity index (χ1) is 11.6. The van der Waals surface area contributed by atoms with Gasteiger partial charge in [-0.3, -0.25) is 0 Å². The van der Waals surface area contributed by atoms with Gasteiger partial charge < -0.3 is 14.8 Å². The second kappa shape index (κ2) is 9.77. The minimum atomic E-state index is 0.407. The van der Waals surface area contributed by atoms with Gasteiger partial charge in [0.25, 0.3) is 0 Å². The fourth-order valence-corrected chi connectivity index (χ4v) is 2.71. The Kier molecular flexibility index (Phi) is 7.70. The molecule has 0 heterocycles. The molecule has 0 saturated heterocycles. The average molecular weight is 368 g/mol. The molecule has 130 valence electrons. The summed E-state index contributed by atoms with van der Waals surface area (Å²) in [5, 5.41) is 4.71. The van der Waals surface area contributed by atoms with Crippen molar-refractivity contribution in [1.82, 2.24) is 5.32 Å². The zero-order valence-corrected chi connectivity index (χ0v) is 15.6. The molecule has 0 spiro atoms. The highest BCUT2D eigenvalue weighted by Crippen LogP contribution is 2.34. The van der Waals surface area contributed by atoms with E-state index in [0.29, 0.717) is 41.3 Å². The maximum absolute atomic E-state index is 6.39. The van der Waals surface area contributed by atoms with Gasteiger partial charge in [-0.15, -0.1) is 0 Å². The van der Waals surface area contributed by atoms with Crippen molar-refractivity contribution in [2.45, 2.75) is 33.4 Å². The van der Waals surface area contributed by atoms with Gasteiger partial charge in [-0.2, -0.15) is 0 Å². The summed E-state index contributed by atoms with van der Waals surface area (Å²) < 4.78 is 11.6. The smallest absolute Gasteiger partial charge is 0.163 e. The lowest BCUT2D eigenvalue weighted by Crippen LogP contribution is -2.14. The average Bonchev–Trinajstić information content (AvgIpc) is 2.56. The molecule has 2 aromatic rings. The molecule has 24 heavy (non-hydrogen) atoms. The van der Waals surface area contributed by atoms with Gasteiger partial charge in [0.15, 0.2) is 11.5 Å². The highest BCUT2D eigenvalue weighted by Gasteiger charge is 2.11. The van der Waals surface area contributed by atoms with E-state index in [1.54, 1.807) is 0 Å². The van der Waals surface area contributed by atoms with E-state index in [2.05, 4.69) is 12.2 Å². The number of rotatable bonds is 9. The Morgan fingerprint density at radius 1 is 1.00 bits per heavy atom. The Labute approximate surface area is 153 Å². The highest BCUT2D eigenvalue weighted by atomic mass is 35.5. The molecular weight excluding hydrogens is 345 g/mol. The first-order valence-electron chi connectivity index (χ1n) is 8.17. The van der Waals surface area contributed by atoms with Gasteiger partial charge in [0.2, 0.25) is 0 Å². The van der Waals surface area contributed by atoms with Gasteiger partial charge in [0.1, 0.15) is 6.61 Å². The molecule has 0 saturated carbocycles. The fourth-order valence-electron chi connectivity index (χ4n) is 2.28. The first kappa shape index (κ1) is 18.9. The van der Waals surface area contributed by atoms with Gasteiger partial charge >= 0.3 is 0 Å². The SMILES string of the molecule is CCCNCc1cc(OCC)c(OCc2cccc(Cl)c2)cc1Cl. The Hall–Kier alpha value is -1.42. The van der Waals surface area contributed by atoms with E-state index in [0.717, 1.165) is 24.1 Å². The summed E-state index contributed by atoms with van der Waals surface area (Å²) in [6, 6.07) is 11.4. The lowest BCUT2D eigenvalue weighted by Gasteiger charge is -2.15. The predicted molar refractivity (Wildman–Crippen MR) is 100 cm³/mol. The first-order valence-corrected chi connectivity index (χ1v) is 8.92. The quantitative estimate of drug-likeness (QED) is 0.596. The molecule has 0 aliphatic heterocycles. The zero-order chi connectivity index (χ0) is 17.4. The van der Waals surface area contributed by atoms with E-state index in [1.165, 1.54) is 0 Å². The number of ether oxygens (including phenoxy) is 2. The van der Waals surface area contributed by atoms with Gasteiger partial charge in [0.05, 0.1) is 6.61 Å². The normalized spacial score (nSPS) is 10.7. The van der Waals surface area contributed by atoms with Crippen LogP contribution in [0, 0.1) is 0 Å². The van der Waals surface area contributed by atoms with Crippen LogP contribution in [-0.2, 0) is 13.2 Å². The zero-order valence-electron chi connectivity index (χ0n) is 14.1. The summed E-state index contributed by atoms with van der Waals surface area (Å²) in [5.74, 6) is 1.35. The minimum absolute atomic E-state index is 0.407. The summed E-state index contributed by atoms with van der Waals surface area (Å²) in [7, 11) is 0. The molecule has 1 N–H and O–H groups in total. The second-order valence-electron chi connectivity index (χ2n) is 5.42. The minimum Gasteiger partial charge on any atom is -0.490 e. The summed E-state index contributed by atoms with van der Waals surface area (Å²) in [6.45, 7) is 6.72. The molecule has 0 bridgehead atoms. The monoisotopic (exact) mass is 367 g/mol. The molecule has 5 heteroatoms. The third-order valence-electron chi connectivity index (χ3n) is 3.44. The van der Waals surface area contributed by atoms with Crippen molar-refractivity contribution in [3.8, 4) is 11.5 Å². The largest absolute Gasteiger partial charge is 0.490 e. The van der Waals surface area contributed by atoms with Crippen molar-refractivity contribution in [2.75, 3.05) is 13.2 Å². The van der Waals surface area contributed by atoms with Crippen molar-refractivity contribution >= 4 is 23.2 Å². The molecule has 0 amide bonds. The molecule has 3 nitrogen and oxygen atoms in total. The number of hydrogen-bond acceptors (Lipinski definition) is 3. The van der Waals surface area contributed by atoms with Crippen LogP contribution in [0.1, 0.15) is 31.4 Å². The molecule has 0 atom stereocenters. The molecule has 0 aromatic heterocycles. The third kappa shape index (κ3) is 5.59. The van der Waals surface area contributed by atoms with Crippen LogP contribution < -0.4 is 14.8 Å². The lowest BCUT2D eigenvalue weighted by molar-refractivity contribution is 0.269. The molecular formula is C19H23Cl2NO2. The Balaban J connectivity index is 2.13. The van der Waals surface area contributed by atoms with Crippen LogP contribution in [0.2, 0.25) is 10.0 Å². The van der Waals surface area contributed by atoms with Crippen LogP contribution >= 0.6 is 23.2 Å². The van der Waals surface area contributed by atoms with Crippen LogP contribution in [0.15, 0.2) is 36.4 Å². The van der Waals surface area contributed by atoms with Crippen molar-refractivity contribution in [3.63, 3.8) is 0 Å². The van der Waals surface area contributed by atoms with Gasteiger partial charge in [-0.05, 0) is 49.2 Å². The molecule has 0 aliphatic rings. The van der Waals surface area contributed by atoms with Crippen molar-refractivity contribution in [2.24, 2.45) is 0 Å². The highest BCUT2D eigenvalue weighted by molar-refractivity contribution is 6.31. The fraction of sp³-hybridized carbons (Fsp3) is 0.368. The summed E-state index contributed by atoms with van der Waals surface area (Å²) in [4.78, 5) is 0. The van der Waals surface area contributed by atoms with Crippen LogP contribution in [-0.4, -0.2) is 13.2 Å². The van der Waals surface area contributed by atoms with E-state index in [1.807, 2.05) is 43.3 Å². The summed E-state index contributed by atoms with van der Waals surface area (Å²) in [6.07, 6.45) is 1.08. The van der Waals surface area contributed by atoms with Crippen molar-refractivity contribution in [3.05, 3.63) is 57.6 Å². The molecule has 0 aliphatic carbocycles. The number of hydrogen-bond donors (Lipinski definition) is 1. The van der Waals surface area contributed by atoms with E-state index in [-0.39, 0.29) is 0 Å². The van der Waals surface area contributed by atoms with E-state index in [4.69, 9.17) is 32.7 Å². The van der Waals surface area contributed by atoms with E-state index < -0.39 is 0 Å². The molecule has 0 radical (unpaired) electrons. The van der Waals surface area contributed by atoms with Gasteiger partial charge in [-0.1, -0.05) is 42.3 Å². The molecule has 0 fully saturated rings. The topological polar surface area (TPSA) is 30.5 Å². The maximum Gasteiger partial charge on any atom is 0.163 e. The van der Waals surface area contributed by atoms with Gasteiger partial charge in [-0.25, -0.2) is 0 Å². The molecule has 2 aromatic carbocycles. The predicted octanol–water partition coefficient (Wildman–Crippen LogP) is 5.47. The van der Waals surface area contributed by atoms with Crippen LogP contribution in [0.25, 0.3) is 0 Å². The number of halogens is 2. The van der Waals surface area contributed by atoms with Crippen molar-refractivity contribution in [1.29, 1.82) is 0 Å². The van der Waals surface area contributed by atoms with Crippen LogP contribution in [0.5, 0.6) is 11.5 Å². The van der Waals surface area contributed by atoms with Crippen LogP contribution in [0.3, 0.4) is 0 Å². The Bertz CT molecular complexity index is 662. The maximum atomic E-state index is 6.39. The summed E-state index contributed by atoms with van der Waals surface area (Å²) in [5.41, 5.74) is 2.00. The van der Waals surface area contributed by atoms with E-state index in [9.17, 15) is 0 Å². The van der Waals surface area contributed by atoms with Crippen molar-refractivity contribution < 1.29 is 9.47 Å². The summed E-state index contributed by atoms with van der Waals surface area (Å²) >= 11 is 12.4. The number of nitrogens with one attached hydrogen (secondary N) is 1. The Morgan fingerprint density at radius 2 is 1.79 bits per heavy atom. The standard InChI is InChI=1S/C19H23Cl2NO2/c1-3-8-22-12-15-10-18(23-4-2)19(11-17(15)21)24-13-14-6-5-7-16(20)9-14/h5-7,9-11,22H,3-4,8,12-13H2,1-2H3. The van der Waals surface area contributed by atoms with Gasteiger partial charge in [0, 0.05) is 22.7 Å². The van der Waals surface area contributed by atoms with Crippen LogP contribution in [0.4, 0.5) is 0 Å². The van der Waals surface area contributed by atoms with E-state index >= 15 is 0 Å². The second-order valence-corrected chi connectivity index (χ2v) is 6.26. The number of benzene rings is 2. The lowest BCUT2D eigenvalue weighted by atomic mass is 10.2.